The van der Waals surface area contributed by atoms with E-state index in [0.717, 1.165) is 38.3 Å². The summed E-state index contributed by atoms with van der Waals surface area (Å²) in [5.74, 6) is 5.38. The van der Waals surface area contributed by atoms with E-state index in [1.54, 1.807) is 24.3 Å². The lowest BCUT2D eigenvalue weighted by Gasteiger charge is -2.30. The van der Waals surface area contributed by atoms with E-state index < -0.39 is 22.8 Å². The van der Waals surface area contributed by atoms with Gasteiger partial charge in [0.15, 0.2) is 0 Å². The third kappa shape index (κ3) is 6.28. The Morgan fingerprint density at radius 3 is 2.46 bits per heavy atom. The Morgan fingerprint density at radius 2 is 1.83 bits per heavy atom. The third-order valence-corrected chi connectivity index (χ3v) is 7.74. The highest BCUT2D eigenvalue weighted by atomic mass is 19.4. The number of hydrogen-bond donors (Lipinski definition) is 1. The van der Waals surface area contributed by atoms with Crippen LogP contribution in [0.25, 0.3) is 0 Å². The van der Waals surface area contributed by atoms with Crippen molar-refractivity contribution in [2.75, 3.05) is 25.5 Å². The predicted molar refractivity (Wildman–Crippen MR) is 150 cm³/mol. The van der Waals surface area contributed by atoms with E-state index in [2.05, 4.69) is 31.9 Å². The molecule has 5 rings (SSSR count). The summed E-state index contributed by atoms with van der Waals surface area (Å²) in [6.07, 6.45) is 0.0353. The van der Waals surface area contributed by atoms with Gasteiger partial charge < -0.3 is 19.7 Å². The average molecular weight is 560 g/mol. The van der Waals surface area contributed by atoms with Crippen LogP contribution in [-0.4, -0.2) is 54.5 Å². The highest BCUT2D eigenvalue weighted by Gasteiger charge is 2.53. The molecule has 2 aromatic carbocycles. The first-order chi connectivity index (χ1) is 19.7. The second-order valence-corrected chi connectivity index (χ2v) is 10.3. The molecule has 1 aliphatic carbocycles. The highest BCUT2D eigenvalue weighted by Crippen LogP contribution is 2.50. The maximum atomic E-state index is 13.8. The van der Waals surface area contributed by atoms with Crippen molar-refractivity contribution in [3.05, 3.63) is 82.7 Å². The Hall–Kier alpha value is -4.17. The van der Waals surface area contributed by atoms with E-state index in [-0.39, 0.29) is 11.9 Å². The van der Waals surface area contributed by atoms with E-state index in [0.29, 0.717) is 43.0 Å². The SMILES string of the molecule is COC(=O)C1(c2ccccc2C#Cc2nc(Nc3ccc(C4CCN(BC=O)CC4)cc3)ncc2C(F)(F)F)CC1. The predicted octanol–water partition coefficient (Wildman–Crippen LogP) is 4.56. The number of piperidine rings is 1. The van der Waals surface area contributed by atoms with Crippen LogP contribution in [-0.2, 0) is 25.9 Å². The highest BCUT2D eigenvalue weighted by molar-refractivity contribution is 6.64. The maximum absolute atomic E-state index is 13.8. The first-order valence-corrected chi connectivity index (χ1v) is 13.4. The normalized spacial score (nSPS) is 16.7. The number of halogens is 3. The van der Waals surface area contributed by atoms with Gasteiger partial charge in [-0.15, -0.1) is 0 Å². The molecule has 0 spiro atoms. The van der Waals surface area contributed by atoms with Crippen LogP contribution in [0.5, 0.6) is 0 Å². The minimum absolute atomic E-state index is 0.0151. The Balaban J connectivity index is 1.37. The monoisotopic (exact) mass is 560 g/mol. The van der Waals surface area contributed by atoms with Crippen LogP contribution in [0.4, 0.5) is 24.8 Å². The second kappa shape index (κ2) is 11.7. The molecule has 2 aliphatic rings. The zero-order valence-corrected chi connectivity index (χ0v) is 22.5. The quantitative estimate of drug-likeness (QED) is 0.196. The van der Waals surface area contributed by atoms with Crippen LogP contribution in [0.2, 0.25) is 0 Å². The van der Waals surface area contributed by atoms with Crippen molar-refractivity contribution in [3.8, 4) is 11.8 Å². The van der Waals surface area contributed by atoms with Crippen LogP contribution < -0.4 is 5.32 Å². The van der Waals surface area contributed by atoms with Crippen LogP contribution >= 0.6 is 0 Å². The number of anilines is 2. The van der Waals surface area contributed by atoms with Crippen molar-refractivity contribution in [2.45, 2.75) is 43.2 Å². The molecule has 1 N–H and O–H groups in total. The topological polar surface area (TPSA) is 84.4 Å². The summed E-state index contributed by atoms with van der Waals surface area (Å²) in [6.45, 7) is 1.72. The van der Waals surface area contributed by atoms with Gasteiger partial charge in [0.05, 0.1) is 18.7 Å². The van der Waals surface area contributed by atoms with Crippen LogP contribution in [0.3, 0.4) is 0 Å². The number of nitrogens with zero attached hydrogens (tertiary/aromatic N) is 3. The first kappa shape index (κ1) is 28.4. The van der Waals surface area contributed by atoms with Gasteiger partial charge in [-0.25, -0.2) is 9.97 Å². The standard InChI is InChI=1S/C30H28BF3N4O3/c1-41-27(40)29(14-15-29)24-5-3-2-4-22(24)8-11-26-25(30(32,33)34)18-35-28(37-26)36-23-9-6-20(7-10-23)21-12-16-38(17-13-21)31-19-39/h2-7,9-10,18-19,21,31H,12-17H2,1H3,(H,35,36,37). The first-order valence-electron chi connectivity index (χ1n) is 13.4. The molecule has 41 heavy (non-hydrogen) atoms. The minimum Gasteiger partial charge on any atom is -0.468 e. The Kier molecular flexibility index (Phi) is 8.13. The summed E-state index contributed by atoms with van der Waals surface area (Å²) in [5.41, 5.74) is 0.554. The fourth-order valence-electron chi connectivity index (χ4n) is 5.31. The molecule has 1 saturated heterocycles. The fourth-order valence-corrected chi connectivity index (χ4v) is 5.31. The van der Waals surface area contributed by atoms with Crippen molar-refractivity contribution in [1.29, 1.82) is 0 Å². The van der Waals surface area contributed by atoms with Gasteiger partial charge in [0.1, 0.15) is 11.3 Å². The lowest BCUT2D eigenvalue weighted by atomic mass is 9.84. The number of methoxy groups -OCH3 is 1. The van der Waals surface area contributed by atoms with Gasteiger partial charge in [-0.1, -0.05) is 36.3 Å². The summed E-state index contributed by atoms with van der Waals surface area (Å²) in [4.78, 5) is 33.3. The number of alkyl halides is 3. The lowest BCUT2D eigenvalue weighted by molar-refractivity contribution is -0.143. The number of nitrogens with one attached hydrogen (secondary N) is 1. The molecule has 7 nitrogen and oxygen atoms in total. The molecule has 1 saturated carbocycles. The molecule has 2 fully saturated rings. The van der Waals surface area contributed by atoms with Gasteiger partial charge in [-0.3, -0.25) is 4.79 Å². The van der Waals surface area contributed by atoms with E-state index >= 15 is 0 Å². The fraction of sp³-hybridized carbons (Fsp3) is 0.333. The molecule has 0 atom stereocenters. The van der Waals surface area contributed by atoms with Gasteiger partial charge in [0.2, 0.25) is 5.95 Å². The summed E-state index contributed by atoms with van der Waals surface area (Å²) in [6, 6.07) is 14.6. The molecule has 11 heteroatoms. The smallest absolute Gasteiger partial charge is 0.420 e. The zero-order chi connectivity index (χ0) is 29.0. The second-order valence-electron chi connectivity index (χ2n) is 10.3. The molecule has 0 unspecified atom stereocenters. The molecule has 1 aromatic heterocycles. The molecule has 0 amide bonds. The van der Waals surface area contributed by atoms with Gasteiger partial charge in [0.25, 0.3) is 7.41 Å². The van der Waals surface area contributed by atoms with Crippen LogP contribution in [0, 0.1) is 11.8 Å². The van der Waals surface area contributed by atoms with Crippen molar-refractivity contribution in [2.24, 2.45) is 0 Å². The number of hydrogen-bond acceptors (Lipinski definition) is 7. The number of ether oxygens (including phenoxy) is 1. The Bertz CT molecular complexity index is 1490. The molecular formula is C30H28BF3N4O3. The van der Waals surface area contributed by atoms with E-state index in [9.17, 15) is 22.8 Å². The Labute approximate surface area is 236 Å². The van der Waals surface area contributed by atoms with E-state index in [1.807, 2.05) is 24.3 Å². The lowest BCUT2D eigenvalue weighted by Crippen LogP contribution is -2.36. The summed E-state index contributed by atoms with van der Waals surface area (Å²) in [7, 11) is 1.77. The number of carbonyl (C=O) groups is 2. The van der Waals surface area contributed by atoms with Crippen molar-refractivity contribution >= 4 is 31.2 Å². The minimum atomic E-state index is -4.70. The Morgan fingerprint density at radius 1 is 1.12 bits per heavy atom. The summed E-state index contributed by atoms with van der Waals surface area (Å²) < 4.78 is 46.4. The average Bonchev–Trinajstić information content (AvgIpc) is 3.78. The number of esters is 1. The summed E-state index contributed by atoms with van der Waals surface area (Å²) >= 11 is 0. The molecule has 1 aliphatic heterocycles. The van der Waals surface area contributed by atoms with Gasteiger partial charge in [-0.05, 0) is 79.9 Å². The van der Waals surface area contributed by atoms with Crippen LogP contribution in [0.15, 0.2) is 54.7 Å². The van der Waals surface area contributed by atoms with E-state index in [1.165, 1.54) is 12.7 Å². The number of aromatic nitrogens is 2. The molecule has 210 valence electrons. The molecule has 0 bridgehead atoms. The maximum Gasteiger partial charge on any atom is 0.420 e. The van der Waals surface area contributed by atoms with Gasteiger partial charge >= 0.3 is 12.1 Å². The van der Waals surface area contributed by atoms with Crippen molar-refractivity contribution in [1.82, 2.24) is 14.8 Å². The molecule has 3 aromatic rings. The number of benzene rings is 2. The van der Waals surface area contributed by atoms with E-state index in [4.69, 9.17) is 4.74 Å². The number of carbonyl (C=O) groups excluding carboxylic acids is 2. The molecule has 0 radical (unpaired) electrons. The van der Waals surface area contributed by atoms with Gasteiger partial charge in [-0.2, -0.15) is 13.2 Å². The zero-order valence-electron chi connectivity index (χ0n) is 22.5. The third-order valence-electron chi connectivity index (χ3n) is 7.74. The van der Waals surface area contributed by atoms with Crippen molar-refractivity contribution < 1.29 is 27.5 Å². The van der Waals surface area contributed by atoms with Crippen LogP contribution in [0.1, 0.15) is 59.5 Å². The largest absolute Gasteiger partial charge is 0.468 e. The summed E-state index contributed by atoms with van der Waals surface area (Å²) in [5, 5.41) is 2.98. The van der Waals surface area contributed by atoms with Gasteiger partial charge in [0, 0.05) is 17.4 Å². The number of rotatable bonds is 7. The molecule has 2 heterocycles. The van der Waals surface area contributed by atoms with Crippen molar-refractivity contribution in [3.63, 3.8) is 0 Å². The molecular weight excluding hydrogens is 532 g/mol.